The largest absolute Gasteiger partial charge is 0.381 e. The first-order valence-electron chi connectivity index (χ1n) is 7.96. The molecule has 0 N–H and O–H groups in total. The highest BCUT2D eigenvalue weighted by molar-refractivity contribution is 7.88. The Labute approximate surface area is 137 Å². The quantitative estimate of drug-likeness (QED) is 0.813. The summed E-state index contributed by atoms with van der Waals surface area (Å²) < 4.78 is 44.3. The van der Waals surface area contributed by atoms with Crippen LogP contribution in [-0.2, 0) is 21.3 Å². The molecule has 2 aliphatic heterocycles. The van der Waals surface area contributed by atoms with Gasteiger partial charge in [0.1, 0.15) is 5.82 Å². The van der Waals surface area contributed by atoms with Crippen LogP contribution >= 0.6 is 0 Å². The summed E-state index contributed by atoms with van der Waals surface area (Å²) in [5, 5.41) is 0. The lowest BCUT2D eigenvalue weighted by Crippen LogP contribution is -2.63. The lowest BCUT2D eigenvalue weighted by Gasteiger charge is -2.47. The Morgan fingerprint density at radius 3 is 2.35 bits per heavy atom. The number of likely N-dealkylation sites (tertiary alicyclic amines) is 1. The fraction of sp³-hybridized carbons (Fsp3) is 0.625. The molecule has 1 aromatic rings. The predicted molar refractivity (Wildman–Crippen MR) is 86.0 cm³/mol. The highest BCUT2D eigenvalue weighted by atomic mass is 32.2. The van der Waals surface area contributed by atoms with Gasteiger partial charge in [0, 0.05) is 38.9 Å². The summed E-state index contributed by atoms with van der Waals surface area (Å²) in [5.74, 6) is -0.238. The van der Waals surface area contributed by atoms with Gasteiger partial charge in [-0.25, -0.2) is 12.8 Å². The molecule has 2 heterocycles. The topological polar surface area (TPSA) is 49.9 Å². The fourth-order valence-corrected chi connectivity index (χ4v) is 4.89. The number of benzene rings is 1. The van der Waals surface area contributed by atoms with Crippen molar-refractivity contribution in [1.82, 2.24) is 9.21 Å². The van der Waals surface area contributed by atoms with Crippen molar-refractivity contribution in [2.24, 2.45) is 0 Å². The van der Waals surface area contributed by atoms with Crippen molar-refractivity contribution in [3.05, 3.63) is 35.6 Å². The Kier molecular flexibility index (Phi) is 5.01. The molecule has 23 heavy (non-hydrogen) atoms. The minimum absolute atomic E-state index is 0.0357. The summed E-state index contributed by atoms with van der Waals surface area (Å²) in [6.07, 6.45) is 2.83. The van der Waals surface area contributed by atoms with E-state index in [1.165, 1.54) is 18.4 Å². The smallest absolute Gasteiger partial charge is 0.211 e. The maximum Gasteiger partial charge on any atom is 0.211 e. The molecule has 2 fully saturated rings. The van der Waals surface area contributed by atoms with Crippen LogP contribution in [0, 0.1) is 5.82 Å². The normalized spacial score (nSPS) is 21.5. The highest BCUT2D eigenvalue weighted by Gasteiger charge is 2.40. The van der Waals surface area contributed by atoms with Crippen molar-refractivity contribution >= 4 is 10.0 Å². The van der Waals surface area contributed by atoms with Gasteiger partial charge in [0.2, 0.25) is 10.0 Å². The van der Waals surface area contributed by atoms with Crippen molar-refractivity contribution in [2.45, 2.75) is 31.5 Å². The monoisotopic (exact) mass is 342 g/mol. The van der Waals surface area contributed by atoms with E-state index >= 15 is 0 Å². The minimum Gasteiger partial charge on any atom is -0.381 e. The molecule has 2 aliphatic rings. The van der Waals surface area contributed by atoms with E-state index in [1.54, 1.807) is 16.4 Å². The zero-order chi connectivity index (χ0) is 16.4. The van der Waals surface area contributed by atoms with E-state index < -0.39 is 10.0 Å². The molecule has 128 valence electrons. The van der Waals surface area contributed by atoms with Gasteiger partial charge < -0.3 is 4.74 Å². The second-order valence-electron chi connectivity index (χ2n) is 6.41. The Balaban J connectivity index is 1.59. The Bertz CT molecular complexity index is 623. The van der Waals surface area contributed by atoms with Crippen LogP contribution in [-0.4, -0.2) is 62.3 Å². The summed E-state index contributed by atoms with van der Waals surface area (Å²) in [6.45, 7) is 3.43. The number of rotatable bonds is 5. The van der Waals surface area contributed by atoms with Gasteiger partial charge in [-0.05, 0) is 30.5 Å². The van der Waals surface area contributed by atoms with Gasteiger partial charge in [0.15, 0.2) is 0 Å². The molecule has 0 aliphatic carbocycles. The van der Waals surface area contributed by atoms with Gasteiger partial charge in [0.25, 0.3) is 0 Å². The zero-order valence-electron chi connectivity index (χ0n) is 13.3. The van der Waals surface area contributed by atoms with E-state index in [9.17, 15) is 12.8 Å². The maximum atomic E-state index is 12.9. The van der Waals surface area contributed by atoms with Gasteiger partial charge in [-0.1, -0.05) is 12.1 Å². The van der Waals surface area contributed by atoms with Crippen LogP contribution in [0.15, 0.2) is 24.3 Å². The fourth-order valence-electron chi connectivity index (χ4n) is 3.46. The molecule has 0 amide bonds. The third kappa shape index (κ3) is 4.09. The Morgan fingerprint density at radius 2 is 1.78 bits per heavy atom. The molecule has 7 heteroatoms. The molecule has 0 radical (unpaired) electrons. The van der Waals surface area contributed by atoms with E-state index in [1.807, 2.05) is 0 Å². The van der Waals surface area contributed by atoms with Gasteiger partial charge in [-0.2, -0.15) is 4.31 Å². The number of hydrogen-bond acceptors (Lipinski definition) is 4. The zero-order valence-corrected chi connectivity index (χ0v) is 14.1. The number of nitrogens with zero attached hydrogens (tertiary/aromatic N) is 2. The van der Waals surface area contributed by atoms with Gasteiger partial charge in [0.05, 0.1) is 12.3 Å². The molecule has 3 rings (SSSR count). The standard InChI is InChI=1S/C16H23FN2O3S/c1-23(20,21)19(15-6-8-22-9-7-15)16-11-18(12-16)10-13-2-4-14(17)5-3-13/h2-5,15-16H,6-12H2,1H3. The van der Waals surface area contributed by atoms with Crippen molar-refractivity contribution in [1.29, 1.82) is 0 Å². The Hall–Kier alpha value is -1.02. The third-order valence-electron chi connectivity index (χ3n) is 4.55. The van der Waals surface area contributed by atoms with E-state index in [4.69, 9.17) is 4.74 Å². The van der Waals surface area contributed by atoms with Crippen LogP contribution < -0.4 is 0 Å². The van der Waals surface area contributed by atoms with Crippen LogP contribution in [0.3, 0.4) is 0 Å². The van der Waals surface area contributed by atoms with Crippen LogP contribution in [0.4, 0.5) is 4.39 Å². The average molecular weight is 342 g/mol. The summed E-state index contributed by atoms with van der Waals surface area (Å²) in [7, 11) is -3.23. The van der Waals surface area contributed by atoms with E-state index in [-0.39, 0.29) is 17.9 Å². The van der Waals surface area contributed by atoms with Crippen LogP contribution in [0.1, 0.15) is 18.4 Å². The molecule has 0 aromatic heterocycles. The lowest BCUT2D eigenvalue weighted by atomic mass is 10.0. The van der Waals surface area contributed by atoms with Crippen LogP contribution in [0.5, 0.6) is 0 Å². The van der Waals surface area contributed by atoms with E-state index in [0.717, 1.165) is 38.0 Å². The van der Waals surface area contributed by atoms with Crippen LogP contribution in [0.2, 0.25) is 0 Å². The van der Waals surface area contributed by atoms with E-state index in [0.29, 0.717) is 13.2 Å². The molecule has 0 atom stereocenters. The summed E-state index contributed by atoms with van der Waals surface area (Å²) >= 11 is 0. The first-order chi connectivity index (χ1) is 10.9. The van der Waals surface area contributed by atoms with Crippen molar-refractivity contribution < 1.29 is 17.5 Å². The van der Waals surface area contributed by atoms with Gasteiger partial charge in [-0.15, -0.1) is 0 Å². The molecule has 0 bridgehead atoms. The first-order valence-corrected chi connectivity index (χ1v) is 9.81. The van der Waals surface area contributed by atoms with Gasteiger partial charge >= 0.3 is 0 Å². The first kappa shape index (κ1) is 16.8. The lowest BCUT2D eigenvalue weighted by molar-refractivity contribution is 0.00977. The van der Waals surface area contributed by atoms with Crippen molar-refractivity contribution in [2.75, 3.05) is 32.6 Å². The molecule has 0 saturated carbocycles. The molecule has 0 unspecified atom stereocenters. The second-order valence-corrected chi connectivity index (χ2v) is 8.30. The highest BCUT2D eigenvalue weighted by Crippen LogP contribution is 2.26. The molecule has 5 nitrogen and oxygen atoms in total. The number of ether oxygens (including phenoxy) is 1. The second kappa shape index (κ2) is 6.84. The molecule has 2 saturated heterocycles. The third-order valence-corrected chi connectivity index (χ3v) is 5.91. The van der Waals surface area contributed by atoms with Crippen molar-refractivity contribution in [3.8, 4) is 0 Å². The summed E-state index contributed by atoms with van der Waals surface area (Å²) in [4.78, 5) is 2.19. The van der Waals surface area contributed by atoms with Crippen molar-refractivity contribution in [3.63, 3.8) is 0 Å². The summed E-state index contributed by atoms with van der Waals surface area (Å²) in [6, 6.07) is 6.55. The number of hydrogen-bond donors (Lipinski definition) is 0. The Morgan fingerprint density at radius 1 is 1.17 bits per heavy atom. The molecular formula is C16H23FN2O3S. The SMILES string of the molecule is CS(=O)(=O)N(C1CCOCC1)C1CN(Cc2ccc(F)cc2)C1. The van der Waals surface area contributed by atoms with Gasteiger partial charge in [-0.3, -0.25) is 4.90 Å². The summed E-state index contributed by atoms with van der Waals surface area (Å²) in [5.41, 5.74) is 1.04. The average Bonchev–Trinajstić information content (AvgIpc) is 2.47. The predicted octanol–water partition coefficient (Wildman–Crippen LogP) is 1.45. The minimum atomic E-state index is -3.23. The maximum absolute atomic E-state index is 12.9. The number of sulfonamides is 1. The molecular weight excluding hydrogens is 319 g/mol. The van der Waals surface area contributed by atoms with Crippen LogP contribution in [0.25, 0.3) is 0 Å². The van der Waals surface area contributed by atoms with E-state index in [2.05, 4.69) is 4.90 Å². The molecule has 1 aromatic carbocycles. The number of halogens is 1. The molecule has 0 spiro atoms.